The van der Waals surface area contributed by atoms with E-state index in [1.165, 1.54) is 0 Å². The molecule has 2 aromatic carbocycles. The van der Waals surface area contributed by atoms with Gasteiger partial charge >= 0.3 is 11.9 Å². The van der Waals surface area contributed by atoms with Gasteiger partial charge in [-0.15, -0.1) is 0 Å². The average Bonchev–Trinajstić information content (AvgIpc) is 2.55. The number of carbonyl (C=O) groups excluding carboxylic acids is 2. The first-order valence-electron chi connectivity index (χ1n) is 7.25. The Kier molecular flexibility index (Phi) is 5.31. The number of benzene rings is 2. The summed E-state index contributed by atoms with van der Waals surface area (Å²) in [6, 6.07) is 14.2. The lowest BCUT2D eigenvalue weighted by Gasteiger charge is -2.10. The molecule has 4 nitrogen and oxygen atoms in total. The molecule has 0 saturated heterocycles. The van der Waals surface area contributed by atoms with Crippen LogP contribution in [0.15, 0.2) is 48.5 Å². The summed E-state index contributed by atoms with van der Waals surface area (Å²) in [7, 11) is 0. The summed E-state index contributed by atoms with van der Waals surface area (Å²) in [5, 5.41) is 0. The molecule has 114 valence electrons. The summed E-state index contributed by atoms with van der Waals surface area (Å²) in [5.41, 5.74) is 1.72. The topological polar surface area (TPSA) is 52.6 Å². The molecule has 0 heterocycles. The number of rotatable bonds is 4. The summed E-state index contributed by atoms with van der Waals surface area (Å²) in [6.45, 7) is 3.89. The monoisotopic (exact) mass is 298 g/mol. The molecule has 0 aliphatic carbocycles. The van der Waals surface area contributed by atoms with Gasteiger partial charge in [-0.2, -0.15) is 0 Å². The van der Waals surface area contributed by atoms with Gasteiger partial charge in [0.05, 0.1) is 0 Å². The standard InChI is InChI=1S/C18H18O4/c1-3-13-9-5-7-11-15(13)21-17(19)18(20)22-16-12-8-6-10-14(16)4-2/h5-12H,3-4H2,1-2H3. The zero-order valence-corrected chi connectivity index (χ0v) is 12.7. The highest BCUT2D eigenvalue weighted by Crippen LogP contribution is 2.20. The van der Waals surface area contributed by atoms with Crippen molar-refractivity contribution in [2.45, 2.75) is 26.7 Å². The number of ether oxygens (including phenoxy) is 2. The van der Waals surface area contributed by atoms with E-state index in [-0.39, 0.29) is 0 Å². The lowest BCUT2D eigenvalue weighted by atomic mass is 10.1. The second-order valence-electron chi connectivity index (χ2n) is 4.70. The molecular weight excluding hydrogens is 280 g/mol. The predicted octanol–water partition coefficient (Wildman–Crippen LogP) is 3.32. The Hall–Kier alpha value is -2.62. The Morgan fingerprint density at radius 1 is 0.727 bits per heavy atom. The van der Waals surface area contributed by atoms with Gasteiger partial charge in [0.2, 0.25) is 0 Å². The van der Waals surface area contributed by atoms with Crippen LogP contribution in [0, 0.1) is 0 Å². The lowest BCUT2D eigenvalue weighted by Crippen LogP contribution is -2.26. The maximum atomic E-state index is 11.9. The minimum Gasteiger partial charge on any atom is -0.418 e. The summed E-state index contributed by atoms with van der Waals surface area (Å²) >= 11 is 0. The van der Waals surface area contributed by atoms with Crippen molar-refractivity contribution in [2.24, 2.45) is 0 Å². The molecule has 0 aliphatic rings. The maximum absolute atomic E-state index is 11.9. The molecule has 0 atom stereocenters. The van der Waals surface area contributed by atoms with Crippen LogP contribution in [0.4, 0.5) is 0 Å². The van der Waals surface area contributed by atoms with Crippen molar-refractivity contribution in [2.75, 3.05) is 0 Å². The van der Waals surface area contributed by atoms with Gasteiger partial charge in [0, 0.05) is 0 Å². The lowest BCUT2D eigenvalue weighted by molar-refractivity contribution is -0.156. The number of hydrogen-bond donors (Lipinski definition) is 0. The van der Waals surface area contributed by atoms with E-state index in [0.717, 1.165) is 11.1 Å². The highest BCUT2D eigenvalue weighted by atomic mass is 16.6. The van der Waals surface area contributed by atoms with E-state index >= 15 is 0 Å². The second kappa shape index (κ2) is 7.41. The van der Waals surface area contributed by atoms with Gasteiger partial charge in [0.1, 0.15) is 11.5 Å². The van der Waals surface area contributed by atoms with Crippen molar-refractivity contribution >= 4 is 11.9 Å². The van der Waals surface area contributed by atoms with Gasteiger partial charge in [-0.25, -0.2) is 9.59 Å². The highest BCUT2D eigenvalue weighted by molar-refractivity contribution is 6.31. The molecule has 22 heavy (non-hydrogen) atoms. The van der Waals surface area contributed by atoms with Gasteiger partial charge in [-0.3, -0.25) is 0 Å². The zero-order valence-electron chi connectivity index (χ0n) is 12.7. The molecule has 2 aromatic rings. The third-order valence-electron chi connectivity index (χ3n) is 3.28. The minimum atomic E-state index is -1.02. The Balaban J connectivity index is 2.08. The van der Waals surface area contributed by atoms with Crippen LogP contribution in [-0.4, -0.2) is 11.9 Å². The molecular formula is C18H18O4. The van der Waals surface area contributed by atoms with E-state index in [2.05, 4.69) is 0 Å². The van der Waals surface area contributed by atoms with Crippen molar-refractivity contribution < 1.29 is 19.1 Å². The molecule has 2 rings (SSSR count). The normalized spacial score (nSPS) is 10.1. The van der Waals surface area contributed by atoms with Crippen molar-refractivity contribution in [3.63, 3.8) is 0 Å². The van der Waals surface area contributed by atoms with Gasteiger partial charge < -0.3 is 9.47 Å². The molecule has 0 saturated carbocycles. The summed E-state index contributed by atoms with van der Waals surface area (Å²) in [5.74, 6) is -1.27. The number of esters is 2. The van der Waals surface area contributed by atoms with Crippen LogP contribution in [0.2, 0.25) is 0 Å². The van der Waals surface area contributed by atoms with Crippen LogP contribution >= 0.6 is 0 Å². The molecule has 0 bridgehead atoms. The van der Waals surface area contributed by atoms with Crippen LogP contribution in [0.1, 0.15) is 25.0 Å². The second-order valence-corrected chi connectivity index (χ2v) is 4.70. The van der Waals surface area contributed by atoms with Crippen LogP contribution in [-0.2, 0) is 22.4 Å². The number of para-hydroxylation sites is 2. The highest BCUT2D eigenvalue weighted by Gasteiger charge is 2.21. The van der Waals surface area contributed by atoms with Gasteiger partial charge in [0.25, 0.3) is 0 Å². The molecule has 0 spiro atoms. The first-order valence-corrected chi connectivity index (χ1v) is 7.25. The van der Waals surface area contributed by atoms with Crippen LogP contribution < -0.4 is 9.47 Å². The molecule has 0 N–H and O–H groups in total. The molecule has 0 aromatic heterocycles. The maximum Gasteiger partial charge on any atom is 0.423 e. The average molecular weight is 298 g/mol. The first kappa shape index (κ1) is 15.8. The third-order valence-corrected chi connectivity index (χ3v) is 3.28. The number of aryl methyl sites for hydroxylation is 2. The Labute approximate surface area is 129 Å². The van der Waals surface area contributed by atoms with Gasteiger partial charge in [-0.05, 0) is 36.1 Å². The van der Waals surface area contributed by atoms with E-state index in [1.807, 2.05) is 38.1 Å². The van der Waals surface area contributed by atoms with Crippen molar-refractivity contribution in [1.29, 1.82) is 0 Å². The smallest absolute Gasteiger partial charge is 0.418 e. The Morgan fingerprint density at radius 3 is 1.45 bits per heavy atom. The molecule has 0 unspecified atom stereocenters. The van der Waals surface area contributed by atoms with E-state index in [9.17, 15) is 9.59 Å². The molecule has 0 fully saturated rings. The summed E-state index contributed by atoms with van der Waals surface area (Å²) in [4.78, 5) is 23.8. The fraction of sp³-hybridized carbons (Fsp3) is 0.222. The molecule has 0 radical (unpaired) electrons. The third kappa shape index (κ3) is 3.73. The predicted molar refractivity (Wildman–Crippen MR) is 82.9 cm³/mol. The number of carbonyl (C=O) groups is 2. The fourth-order valence-electron chi connectivity index (χ4n) is 2.07. The van der Waals surface area contributed by atoms with Crippen LogP contribution in [0.3, 0.4) is 0 Å². The van der Waals surface area contributed by atoms with Crippen molar-refractivity contribution in [1.82, 2.24) is 0 Å². The van der Waals surface area contributed by atoms with Crippen molar-refractivity contribution in [3.8, 4) is 11.5 Å². The largest absolute Gasteiger partial charge is 0.423 e. The molecule has 4 heteroatoms. The quantitative estimate of drug-likeness (QED) is 0.493. The van der Waals surface area contributed by atoms with Crippen LogP contribution in [0.25, 0.3) is 0 Å². The van der Waals surface area contributed by atoms with Crippen molar-refractivity contribution in [3.05, 3.63) is 59.7 Å². The van der Waals surface area contributed by atoms with Gasteiger partial charge in [-0.1, -0.05) is 50.2 Å². The molecule has 0 amide bonds. The minimum absolute atomic E-state index is 0.385. The van der Waals surface area contributed by atoms with Gasteiger partial charge in [0.15, 0.2) is 0 Å². The van der Waals surface area contributed by atoms with Crippen LogP contribution in [0.5, 0.6) is 11.5 Å². The SMILES string of the molecule is CCc1ccccc1OC(=O)C(=O)Oc1ccccc1CC. The molecule has 0 aliphatic heterocycles. The Morgan fingerprint density at radius 2 is 1.09 bits per heavy atom. The van der Waals surface area contributed by atoms with E-state index < -0.39 is 11.9 Å². The van der Waals surface area contributed by atoms with E-state index in [1.54, 1.807) is 24.3 Å². The van der Waals surface area contributed by atoms with E-state index in [4.69, 9.17) is 9.47 Å². The zero-order chi connectivity index (χ0) is 15.9. The summed E-state index contributed by atoms with van der Waals surface area (Å²) < 4.78 is 10.3. The Bertz CT molecular complexity index is 617. The fourth-order valence-corrected chi connectivity index (χ4v) is 2.07. The summed E-state index contributed by atoms with van der Waals surface area (Å²) in [6.07, 6.45) is 1.41. The first-order chi connectivity index (χ1) is 10.7. The number of hydrogen-bond acceptors (Lipinski definition) is 4. The van der Waals surface area contributed by atoms with E-state index in [0.29, 0.717) is 24.3 Å².